The molecule has 0 aliphatic heterocycles. The van der Waals surface area contributed by atoms with E-state index in [2.05, 4.69) is 11.8 Å². The summed E-state index contributed by atoms with van der Waals surface area (Å²) in [4.78, 5) is 11.6. The van der Waals surface area contributed by atoms with Crippen molar-refractivity contribution in [3.05, 3.63) is 35.9 Å². The number of alkyl halides is 1. The van der Waals surface area contributed by atoms with E-state index in [0.717, 1.165) is 6.92 Å². The SMILES string of the molecule is CCC(C)OC(=O)C(C)(F)C#Cc1ccccc1. The molecule has 0 saturated heterocycles. The van der Waals surface area contributed by atoms with E-state index in [1.54, 1.807) is 31.2 Å². The van der Waals surface area contributed by atoms with Gasteiger partial charge in [0.05, 0.1) is 6.10 Å². The van der Waals surface area contributed by atoms with Gasteiger partial charge in [-0.05, 0) is 38.3 Å². The van der Waals surface area contributed by atoms with Crippen LogP contribution < -0.4 is 0 Å². The molecular weight excluding hydrogens is 231 g/mol. The number of ether oxygens (including phenoxy) is 1. The standard InChI is InChI=1S/C15H17FO2/c1-4-12(2)18-14(17)15(3,16)11-10-13-8-6-5-7-9-13/h5-9,12H,4H2,1-3H3. The molecule has 2 unspecified atom stereocenters. The second-order valence-corrected chi connectivity index (χ2v) is 4.24. The van der Waals surface area contributed by atoms with Crippen molar-refractivity contribution in [2.45, 2.75) is 39.0 Å². The summed E-state index contributed by atoms with van der Waals surface area (Å²) in [5.74, 6) is 4.01. The molecule has 0 heterocycles. The van der Waals surface area contributed by atoms with Crippen molar-refractivity contribution in [2.75, 3.05) is 0 Å². The highest BCUT2D eigenvalue weighted by molar-refractivity contribution is 5.83. The highest BCUT2D eigenvalue weighted by Gasteiger charge is 2.33. The van der Waals surface area contributed by atoms with Gasteiger partial charge in [-0.1, -0.05) is 31.0 Å². The van der Waals surface area contributed by atoms with E-state index < -0.39 is 11.6 Å². The van der Waals surface area contributed by atoms with Crippen molar-refractivity contribution >= 4 is 5.97 Å². The summed E-state index contributed by atoms with van der Waals surface area (Å²) in [6.07, 6.45) is 0.347. The lowest BCUT2D eigenvalue weighted by molar-refractivity contribution is -0.157. The van der Waals surface area contributed by atoms with Crippen LogP contribution in [0.1, 0.15) is 32.8 Å². The van der Waals surface area contributed by atoms with Crippen LogP contribution in [0, 0.1) is 11.8 Å². The normalized spacial score (nSPS) is 14.9. The molecule has 0 saturated carbocycles. The fourth-order valence-electron chi connectivity index (χ4n) is 1.14. The monoisotopic (exact) mass is 248 g/mol. The van der Waals surface area contributed by atoms with E-state index in [4.69, 9.17) is 4.74 Å². The fourth-order valence-corrected chi connectivity index (χ4v) is 1.14. The lowest BCUT2D eigenvalue weighted by Gasteiger charge is -2.16. The van der Waals surface area contributed by atoms with Gasteiger partial charge in [0, 0.05) is 5.56 Å². The van der Waals surface area contributed by atoms with E-state index >= 15 is 0 Å². The zero-order valence-corrected chi connectivity index (χ0v) is 10.9. The van der Waals surface area contributed by atoms with Gasteiger partial charge < -0.3 is 4.74 Å². The molecule has 0 aromatic heterocycles. The number of esters is 1. The Morgan fingerprint density at radius 3 is 2.61 bits per heavy atom. The van der Waals surface area contributed by atoms with Gasteiger partial charge in [-0.3, -0.25) is 0 Å². The maximum atomic E-state index is 14.0. The van der Waals surface area contributed by atoms with Crippen LogP contribution in [0.15, 0.2) is 30.3 Å². The molecule has 0 bridgehead atoms. The molecule has 1 aromatic carbocycles. The fraction of sp³-hybridized carbons (Fsp3) is 0.400. The molecule has 0 aliphatic rings. The molecule has 0 radical (unpaired) electrons. The van der Waals surface area contributed by atoms with Crippen molar-refractivity contribution in [1.29, 1.82) is 0 Å². The molecule has 2 nitrogen and oxygen atoms in total. The number of rotatable bonds is 3. The Labute approximate surface area is 107 Å². The number of hydrogen-bond acceptors (Lipinski definition) is 2. The molecular formula is C15H17FO2. The molecule has 96 valence electrons. The summed E-state index contributed by atoms with van der Waals surface area (Å²) in [7, 11) is 0. The average Bonchev–Trinajstić information content (AvgIpc) is 2.37. The maximum Gasteiger partial charge on any atom is 0.356 e. The molecule has 18 heavy (non-hydrogen) atoms. The Bertz CT molecular complexity index is 454. The third-order valence-corrected chi connectivity index (χ3v) is 2.48. The first kappa shape index (κ1) is 14.2. The van der Waals surface area contributed by atoms with Crippen LogP contribution in [0.25, 0.3) is 0 Å². The number of hydrogen-bond donors (Lipinski definition) is 0. The van der Waals surface area contributed by atoms with Crippen LogP contribution in [0.4, 0.5) is 4.39 Å². The van der Waals surface area contributed by atoms with Crippen molar-refractivity contribution in [3.63, 3.8) is 0 Å². The first-order valence-corrected chi connectivity index (χ1v) is 5.94. The predicted octanol–water partition coefficient (Wildman–Crippen LogP) is 3.11. The van der Waals surface area contributed by atoms with Crippen molar-refractivity contribution < 1.29 is 13.9 Å². The summed E-state index contributed by atoms with van der Waals surface area (Å²) in [6, 6.07) is 8.96. The minimum atomic E-state index is -2.28. The Balaban J connectivity index is 2.76. The lowest BCUT2D eigenvalue weighted by Crippen LogP contribution is -2.33. The van der Waals surface area contributed by atoms with Crippen molar-refractivity contribution in [3.8, 4) is 11.8 Å². The molecule has 1 rings (SSSR count). The molecule has 0 aliphatic carbocycles. The molecule has 0 amide bonds. The molecule has 0 N–H and O–H groups in total. The number of benzene rings is 1. The molecule has 1 aromatic rings. The third-order valence-electron chi connectivity index (χ3n) is 2.48. The first-order chi connectivity index (χ1) is 8.45. The smallest absolute Gasteiger partial charge is 0.356 e. The summed E-state index contributed by atoms with van der Waals surface area (Å²) >= 11 is 0. The Hall–Kier alpha value is -1.82. The highest BCUT2D eigenvalue weighted by Crippen LogP contribution is 2.14. The summed E-state index contributed by atoms with van der Waals surface area (Å²) in [5, 5.41) is 0. The van der Waals surface area contributed by atoms with Crippen LogP contribution in [0.2, 0.25) is 0 Å². The van der Waals surface area contributed by atoms with Crippen LogP contribution in [0.5, 0.6) is 0 Å². The summed E-state index contributed by atoms with van der Waals surface area (Å²) < 4.78 is 19.0. The number of halogens is 1. The quantitative estimate of drug-likeness (QED) is 0.607. The van der Waals surface area contributed by atoms with Gasteiger partial charge >= 0.3 is 5.97 Å². The lowest BCUT2D eigenvalue weighted by atomic mass is 10.1. The largest absolute Gasteiger partial charge is 0.460 e. The van der Waals surface area contributed by atoms with Crippen LogP contribution in [-0.4, -0.2) is 17.7 Å². The summed E-state index contributed by atoms with van der Waals surface area (Å²) in [6.45, 7) is 4.70. The first-order valence-electron chi connectivity index (χ1n) is 5.94. The van der Waals surface area contributed by atoms with Crippen molar-refractivity contribution in [2.24, 2.45) is 0 Å². The van der Waals surface area contributed by atoms with Crippen LogP contribution >= 0.6 is 0 Å². The Morgan fingerprint density at radius 2 is 2.06 bits per heavy atom. The van der Waals surface area contributed by atoms with E-state index in [-0.39, 0.29) is 6.10 Å². The zero-order valence-electron chi connectivity index (χ0n) is 10.9. The highest BCUT2D eigenvalue weighted by atomic mass is 19.1. The third kappa shape index (κ3) is 4.21. The van der Waals surface area contributed by atoms with E-state index in [0.29, 0.717) is 12.0 Å². The minimum absolute atomic E-state index is 0.300. The average molecular weight is 248 g/mol. The van der Waals surface area contributed by atoms with Crippen LogP contribution in [-0.2, 0) is 9.53 Å². The van der Waals surface area contributed by atoms with Gasteiger partial charge in [-0.25, -0.2) is 9.18 Å². The maximum absolute atomic E-state index is 14.0. The van der Waals surface area contributed by atoms with Crippen molar-refractivity contribution in [1.82, 2.24) is 0 Å². The topological polar surface area (TPSA) is 26.3 Å². The van der Waals surface area contributed by atoms with Gasteiger partial charge in [-0.15, -0.1) is 0 Å². The van der Waals surface area contributed by atoms with E-state index in [1.807, 2.05) is 13.0 Å². The second-order valence-electron chi connectivity index (χ2n) is 4.24. The molecule has 0 spiro atoms. The van der Waals surface area contributed by atoms with Gasteiger partial charge in [-0.2, -0.15) is 0 Å². The predicted molar refractivity (Wildman–Crippen MR) is 68.7 cm³/mol. The number of carbonyl (C=O) groups is 1. The Kier molecular flexibility index (Phi) is 4.91. The van der Waals surface area contributed by atoms with Crippen LogP contribution in [0.3, 0.4) is 0 Å². The molecule has 2 atom stereocenters. The van der Waals surface area contributed by atoms with Gasteiger partial charge in [0.25, 0.3) is 5.67 Å². The number of carbonyl (C=O) groups excluding carboxylic acids is 1. The molecule has 3 heteroatoms. The van der Waals surface area contributed by atoms with Gasteiger partial charge in [0.2, 0.25) is 0 Å². The van der Waals surface area contributed by atoms with E-state index in [9.17, 15) is 9.18 Å². The zero-order chi connectivity index (χ0) is 13.6. The molecule has 0 fully saturated rings. The summed E-state index contributed by atoms with van der Waals surface area (Å²) in [5.41, 5.74) is -1.61. The Morgan fingerprint density at radius 1 is 1.44 bits per heavy atom. The second kappa shape index (κ2) is 6.20. The minimum Gasteiger partial charge on any atom is -0.460 e. The van der Waals surface area contributed by atoms with Gasteiger partial charge in [0.15, 0.2) is 0 Å². The van der Waals surface area contributed by atoms with E-state index in [1.165, 1.54) is 0 Å². The van der Waals surface area contributed by atoms with Gasteiger partial charge in [0.1, 0.15) is 0 Å².